The molecule has 0 aliphatic carbocycles. The number of ether oxygens (including phenoxy) is 1. The van der Waals surface area contributed by atoms with Crippen molar-refractivity contribution in [1.29, 1.82) is 0 Å². The van der Waals surface area contributed by atoms with E-state index in [-0.39, 0.29) is 6.23 Å². The summed E-state index contributed by atoms with van der Waals surface area (Å²) < 4.78 is 7.18. The Morgan fingerprint density at radius 2 is 2.42 bits per heavy atom. The summed E-state index contributed by atoms with van der Waals surface area (Å²) in [4.78, 5) is 0. The van der Waals surface area contributed by atoms with Gasteiger partial charge in [0.15, 0.2) is 0 Å². The van der Waals surface area contributed by atoms with Crippen LogP contribution in [-0.2, 0) is 4.74 Å². The molecule has 0 amide bonds. The Kier molecular flexibility index (Phi) is 3.35. The normalized spacial score (nSPS) is 13.2. The Balaban J connectivity index is 2.66. The van der Waals surface area contributed by atoms with Crippen LogP contribution in [0.4, 0.5) is 0 Å². The van der Waals surface area contributed by atoms with Gasteiger partial charge in [-0.25, -0.2) is 4.68 Å². The van der Waals surface area contributed by atoms with Crippen molar-refractivity contribution >= 4 is 13.3 Å². The summed E-state index contributed by atoms with van der Waals surface area (Å²) in [5, 5.41) is 4.07. The van der Waals surface area contributed by atoms with Gasteiger partial charge < -0.3 is 4.74 Å². The van der Waals surface area contributed by atoms with Gasteiger partial charge in [0.2, 0.25) is 0 Å². The van der Waals surface area contributed by atoms with E-state index in [2.05, 4.69) is 12.0 Å². The van der Waals surface area contributed by atoms with E-state index in [1.165, 1.54) is 0 Å². The lowest BCUT2D eigenvalue weighted by molar-refractivity contribution is -0.000982. The second kappa shape index (κ2) is 4.31. The van der Waals surface area contributed by atoms with Gasteiger partial charge in [-0.2, -0.15) is 5.10 Å². The monoisotopic (exact) mass is 164 g/mol. The van der Waals surface area contributed by atoms with Crippen molar-refractivity contribution in [3.63, 3.8) is 0 Å². The third kappa shape index (κ3) is 2.11. The van der Waals surface area contributed by atoms with Crippen LogP contribution in [0.15, 0.2) is 12.4 Å². The Morgan fingerprint density at radius 1 is 1.67 bits per heavy atom. The fourth-order valence-corrected chi connectivity index (χ4v) is 1.08. The van der Waals surface area contributed by atoms with Gasteiger partial charge in [-0.1, -0.05) is 12.4 Å². The average molecular weight is 164 g/mol. The van der Waals surface area contributed by atoms with Crippen molar-refractivity contribution in [2.75, 3.05) is 6.61 Å². The van der Waals surface area contributed by atoms with Gasteiger partial charge in [0, 0.05) is 19.0 Å². The standard InChI is InChI=1S/C8H13BN2O/c1-3-8(12-4-2)11-6-7(9)5-10-11/h5-6,8H,3-4H2,1-2H3. The van der Waals surface area contributed by atoms with E-state index in [1.807, 2.05) is 6.92 Å². The zero-order valence-corrected chi connectivity index (χ0v) is 7.53. The lowest BCUT2D eigenvalue weighted by atomic mass is 10.0. The summed E-state index contributed by atoms with van der Waals surface area (Å²) in [7, 11) is 5.53. The molecule has 0 saturated carbocycles. The third-order valence-electron chi connectivity index (χ3n) is 1.62. The molecular weight excluding hydrogens is 151 g/mol. The second-order valence-corrected chi connectivity index (χ2v) is 2.57. The van der Waals surface area contributed by atoms with E-state index in [9.17, 15) is 0 Å². The fourth-order valence-electron chi connectivity index (χ4n) is 1.08. The zero-order chi connectivity index (χ0) is 8.97. The first-order valence-corrected chi connectivity index (χ1v) is 4.19. The summed E-state index contributed by atoms with van der Waals surface area (Å²) in [5.41, 5.74) is 0.674. The molecule has 1 unspecified atom stereocenters. The molecule has 12 heavy (non-hydrogen) atoms. The lowest BCUT2D eigenvalue weighted by Crippen LogP contribution is -2.13. The highest BCUT2D eigenvalue weighted by atomic mass is 16.5. The summed E-state index contributed by atoms with van der Waals surface area (Å²) in [5.74, 6) is 0. The first-order valence-electron chi connectivity index (χ1n) is 4.19. The van der Waals surface area contributed by atoms with E-state index in [0.717, 1.165) is 6.42 Å². The van der Waals surface area contributed by atoms with Crippen molar-refractivity contribution in [3.05, 3.63) is 12.4 Å². The molecule has 0 aromatic carbocycles. The topological polar surface area (TPSA) is 27.1 Å². The largest absolute Gasteiger partial charge is 0.357 e. The molecule has 0 fully saturated rings. The quantitative estimate of drug-likeness (QED) is 0.610. The van der Waals surface area contributed by atoms with Crippen LogP contribution in [0.2, 0.25) is 0 Å². The molecule has 1 heterocycles. The molecule has 0 aliphatic rings. The molecule has 1 atom stereocenters. The highest BCUT2D eigenvalue weighted by Gasteiger charge is 2.07. The molecule has 4 heteroatoms. The van der Waals surface area contributed by atoms with Gasteiger partial charge >= 0.3 is 0 Å². The molecule has 1 aromatic heterocycles. The minimum Gasteiger partial charge on any atom is -0.357 e. The summed E-state index contributed by atoms with van der Waals surface area (Å²) >= 11 is 0. The van der Waals surface area contributed by atoms with E-state index < -0.39 is 0 Å². The van der Waals surface area contributed by atoms with Gasteiger partial charge in [0.1, 0.15) is 14.1 Å². The summed E-state index contributed by atoms with van der Waals surface area (Å²) in [6.07, 6.45) is 4.33. The van der Waals surface area contributed by atoms with Crippen LogP contribution in [0.5, 0.6) is 0 Å². The highest BCUT2D eigenvalue weighted by Crippen LogP contribution is 2.09. The highest BCUT2D eigenvalue weighted by molar-refractivity contribution is 6.31. The van der Waals surface area contributed by atoms with Crippen LogP contribution < -0.4 is 5.46 Å². The zero-order valence-electron chi connectivity index (χ0n) is 7.53. The first-order chi connectivity index (χ1) is 5.77. The Hall–Kier alpha value is -0.765. The molecular formula is C8H13BN2O. The minimum atomic E-state index is 0.0206. The van der Waals surface area contributed by atoms with E-state index in [1.54, 1.807) is 17.1 Å². The van der Waals surface area contributed by atoms with Crippen molar-refractivity contribution in [1.82, 2.24) is 9.78 Å². The third-order valence-corrected chi connectivity index (χ3v) is 1.62. The van der Waals surface area contributed by atoms with E-state index in [0.29, 0.717) is 12.1 Å². The van der Waals surface area contributed by atoms with Crippen LogP contribution in [0.3, 0.4) is 0 Å². The summed E-state index contributed by atoms with van der Waals surface area (Å²) in [6.45, 7) is 4.71. The van der Waals surface area contributed by atoms with Crippen LogP contribution >= 0.6 is 0 Å². The van der Waals surface area contributed by atoms with Crippen LogP contribution in [-0.4, -0.2) is 24.2 Å². The lowest BCUT2D eigenvalue weighted by Gasteiger charge is -2.14. The molecule has 0 bridgehead atoms. The second-order valence-electron chi connectivity index (χ2n) is 2.57. The molecule has 2 radical (unpaired) electrons. The predicted molar refractivity (Wildman–Crippen MR) is 48.6 cm³/mol. The first kappa shape index (κ1) is 9.32. The number of hydrogen-bond acceptors (Lipinski definition) is 2. The molecule has 0 aliphatic heterocycles. The molecule has 0 spiro atoms. The van der Waals surface area contributed by atoms with Crippen LogP contribution in [0, 0.1) is 0 Å². The van der Waals surface area contributed by atoms with E-state index >= 15 is 0 Å². The Labute approximate surface area is 74.1 Å². The van der Waals surface area contributed by atoms with Crippen LogP contribution in [0.1, 0.15) is 26.5 Å². The smallest absolute Gasteiger partial charge is 0.149 e. The van der Waals surface area contributed by atoms with Gasteiger partial charge in [-0.05, 0) is 13.3 Å². The van der Waals surface area contributed by atoms with Crippen molar-refractivity contribution in [2.24, 2.45) is 0 Å². The number of hydrogen-bond donors (Lipinski definition) is 0. The van der Waals surface area contributed by atoms with Gasteiger partial charge in [0.05, 0.1) is 0 Å². The average Bonchev–Trinajstić information content (AvgIpc) is 2.47. The molecule has 64 valence electrons. The SMILES string of the molecule is [B]c1cnn(C(CC)OCC)c1. The Bertz CT molecular complexity index is 237. The van der Waals surface area contributed by atoms with Crippen molar-refractivity contribution in [2.45, 2.75) is 26.5 Å². The minimum absolute atomic E-state index is 0.0206. The number of rotatable bonds is 4. The Morgan fingerprint density at radius 3 is 2.83 bits per heavy atom. The summed E-state index contributed by atoms with van der Waals surface area (Å²) in [6, 6.07) is 0. The fraction of sp³-hybridized carbons (Fsp3) is 0.625. The maximum absolute atomic E-state index is 5.53. The van der Waals surface area contributed by atoms with Crippen LogP contribution in [0.25, 0.3) is 0 Å². The molecule has 0 saturated heterocycles. The molecule has 1 aromatic rings. The van der Waals surface area contributed by atoms with Crippen molar-refractivity contribution < 1.29 is 4.74 Å². The van der Waals surface area contributed by atoms with Gasteiger partial charge in [0.25, 0.3) is 0 Å². The predicted octanol–water partition coefficient (Wildman–Crippen LogP) is 0.622. The maximum Gasteiger partial charge on any atom is 0.149 e. The molecule has 3 nitrogen and oxygen atoms in total. The maximum atomic E-state index is 5.53. The van der Waals surface area contributed by atoms with E-state index in [4.69, 9.17) is 12.6 Å². The van der Waals surface area contributed by atoms with Gasteiger partial charge in [-0.3, -0.25) is 0 Å². The molecule has 1 rings (SSSR count). The number of nitrogens with zero attached hydrogens (tertiary/aromatic N) is 2. The van der Waals surface area contributed by atoms with Crippen molar-refractivity contribution in [3.8, 4) is 0 Å². The number of aromatic nitrogens is 2. The van der Waals surface area contributed by atoms with Gasteiger partial charge in [-0.15, -0.1) is 0 Å². The molecule has 0 N–H and O–H groups in total.